The second kappa shape index (κ2) is 5.83. The lowest BCUT2D eigenvalue weighted by Gasteiger charge is -2.17. The molecule has 0 radical (unpaired) electrons. The molecule has 110 valence electrons. The van der Waals surface area contributed by atoms with Gasteiger partial charge in [0.1, 0.15) is 0 Å². The van der Waals surface area contributed by atoms with Crippen molar-refractivity contribution < 1.29 is 14.8 Å². The molecule has 0 bridgehead atoms. The molecule has 1 aliphatic heterocycles. The molecule has 2 N–H and O–H groups in total. The van der Waals surface area contributed by atoms with E-state index in [-0.39, 0.29) is 11.5 Å². The molecule has 2 amide bonds. The number of hydroxylamine groups is 1. The van der Waals surface area contributed by atoms with Crippen LogP contribution >= 0.6 is 0 Å². The molecule has 0 saturated carbocycles. The maximum atomic E-state index is 12.6. The van der Waals surface area contributed by atoms with E-state index in [4.69, 9.17) is 5.21 Å². The summed E-state index contributed by atoms with van der Waals surface area (Å²) < 4.78 is 0. The largest absolute Gasteiger partial charge is 0.303 e. The van der Waals surface area contributed by atoms with Crippen LogP contribution in [0.15, 0.2) is 60.7 Å². The number of amides is 2. The maximum Gasteiger partial charge on any atom is 0.268 e. The van der Waals surface area contributed by atoms with Crippen LogP contribution in [0.3, 0.4) is 0 Å². The minimum Gasteiger partial charge on any atom is -0.303 e. The molecule has 2 aromatic carbocycles. The summed E-state index contributed by atoms with van der Waals surface area (Å²) in [5.41, 5.74) is 4.24. The first-order chi connectivity index (χ1) is 10.7. The van der Waals surface area contributed by atoms with Crippen molar-refractivity contribution >= 4 is 23.1 Å². The van der Waals surface area contributed by atoms with Gasteiger partial charge in [0, 0.05) is 11.6 Å². The Kier molecular flexibility index (Phi) is 3.72. The topological polar surface area (TPSA) is 69.6 Å². The summed E-state index contributed by atoms with van der Waals surface area (Å²) in [6.45, 7) is 0.425. The lowest BCUT2D eigenvalue weighted by atomic mass is 10.1. The molecule has 0 aliphatic carbocycles. The fourth-order valence-electron chi connectivity index (χ4n) is 2.53. The van der Waals surface area contributed by atoms with Gasteiger partial charge in [-0.2, -0.15) is 0 Å². The monoisotopic (exact) mass is 294 g/mol. The Hall–Kier alpha value is -2.92. The highest BCUT2D eigenvalue weighted by atomic mass is 16.5. The SMILES string of the molecule is O=C(/C=C1/C(=O)N(Cc2ccccc2)c2ccccc21)NO. The highest BCUT2D eigenvalue weighted by Crippen LogP contribution is 2.37. The van der Waals surface area contributed by atoms with Crippen molar-refractivity contribution in [2.24, 2.45) is 0 Å². The molecule has 5 heteroatoms. The Balaban J connectivity index is 2.01. The van der Waals surface area contributed by atoms with Gasteiger partial charge in [-0.3, -0.25) is 14.8 Å². The molecule has 0 fully saturated rings. The summed E-state index contributed by atoms with van der Waals surface area (Å²) in [5, 5.41) is 8.66. The van der Waals surface area contributed by atoms with E-state index in [1.807, 2.05) is 48.5 Å². The summed E-state index contributed by atoms with van der Waals surface area (Å²) in [6.07, 6.45) is 1.12. The van der Waals surface area contributed by atoms with Crippen molar-refractivity contribution in [2.45, 2.75) is 6.54 Å². The Morgan fingerprint density at radius 2 is 1.77 bits per heavy atom. The van der Waals surface area contributed by atoms with Gasteiger partial charge in [0.05, 0.1) is 17.8 Å². The number of carbonyl (C=O) groups is 2. The van der Waals surface area contributed by atoms with Gasteiger partial charge >= 0.3 is 0 Å². The van der Waals surface area contributed by atoms with Gasteiger partial charge in [-0.25, -0.2) is 5.48 Å². The first-order valence-corrected chi connectivity index (χ1v) is 6.81. The number of benzene rings is 2. The van der Waals surface area contributed by atoms with E-state index in [2.05, 4.69) is 0 Å². The first-order valence-electron chi connectivity index (χ1n) is 6.81. The van der Waals surface area contributed by atoms with E-state index in [1.165, 1.54) is 5.48 Å². The van der Waals surface area contributed by atoms with Crippen molar-refractivity contribution in [2.75, 3.05) is 4.90 Å². The normalized spacial score (nSPS) is 15.0. The van der Waals surface area contributed by atoms with Crippen LogP contribution in [0.4, 0.5) is 5.69 Å². The van der Waals surface area contributed by atoms with Gasteiger partial charge in [-0.05, 0) is 11.6 Å². The van der Waals surface area contributed by atoms with Crippen LogP contribution in [0.2, 0.25) is 0 Å². The lowest BCUT2D eigenvalue weighted by molar-refractivity contribution is -0.124. The Bertz CT molecular complexity index is 754. The average Bonchev–Trinajstić information content (AvgIpc) is 2.82. The third-order valence-corrected chi connectivity index (χ3v) is 3.53. The smallest absolute Gasteiger partial charge is 0.268 e. The van der Waals surface area contributed by atoms with Crippen molar-refractivity contribution in [3.63, 3.8) is 0 Å². The van der Waals surface area contributed by atoms with E-state index >= 15 is 0 Å². The van der Waals surface area contributed by atoms with Gasteiger partial charge in [0.15, 0.2) is 0 Å². The van der Waals surface area contributed by atoms with Gasteiger partial charge in [-0.15, -0.1) is 0 Å². The fraction of sp³-hybridized carbons (Fsp3) is 0.0588. The molecular weight excluding hydrogens is 280 g/mol. The quantitative estimate of drug-likeness (QED) is 0.517. The Morgan fingerprint density at radius 1 is 1.09 bits per heavy atom. The molecule has 1 aliphatic rings. The van der Waals surface area contributed by atoms with E-state index in [9.17, 15) is 9.59 Å². The molecule has 0 atom stereocenters. The van der Waals surface area contributed by atoms with Gasteiger partial charge in [0.25, 0.3) is 11.8 Å². The fourth-order valence-corrected chi connectivity index (χ4v) is 2.53. The highest BCUT2D eigenvalue weighted by molar-refractivity contribution is 6.34. The standard InChI is InChI=1S/C17H14N2O3/c20-16(18-22)10-14-13-8-4-5-9-15(13)19(17(14)21)11-12-6-2-1-3-7-12/h1-10,22H,11H2,(H,18,20)/b14-10+. The van der Waals surface area contributed by atoms with Crippen LogP contribution in [0.5, 0.6) is 0 Å². The third-order valence-electron chi connectivity index (χ3n) is 3.53. The third kappa shape index (κ3) is 2.49. The molecule has 0 saturated heterocycles. The van der Waals surface area contributed by atoms with Gasteiger partial charge < -0.3 is 4.90 Å². The van der Waals surface area contributed by atoms with E-state index in [0.717, 1.165) is 17.3 Å². The van der Waals surface area contributed by atoms with E-state index in [0.29, 0.717) is 12.1 Å². The van der Waals surface area contributed by atoms with Crippen molar-refractivity contribution in [3.8, 4) is 0 Å². The highest BCUT2D eigenvalue weighted by Gasteiger charge is 2.32. The zero-order valence-corrected chi connectivity index (χ0v) is 11.7. The maximum absolute atomic E-state index is 12.6. The molecule has 0 aromatic heterocycles. The summed E-state index contributed by atoms with van der Waals surface area (Å²) in [7, 11) is 0. The van der Waals surface area contributed by atoms with Crippen molar-refractivity contribution in [3.05, 3.63) is 71.8 Å². The summed E-state index contributed by atoms with van der Waals surface area (Å²) >= 11 is 0. The molecule has 2 aromatic rings. The van der Waals surface area contributed by atoms with E-state index in [1.54, 1.807) is 11.0 Å². The van der Waals surface area contributed by atoms with Gasteiger partial charge in [-0.1, -0.05) is 48.5 Å². The Morgan fingerprint density at radius 3 is 2.50 bits per heavy atom. The van der Waals surface area contributed by atoms with Crippen molar-refractivity contribution in [1.82, 2.24) is 5.48 Å². The van der Waals surface area contributed by atoms with Gasteiger partial charge in [0.2, 0.25) is 0 Å². The second-order valence-corrected chi connectivity index (χ2v) is 4.93. The Labute approximate surface area is 127 Å². The number of nitrogens with zero attached hydrogens (tertiary/aromatic N) is 1. The lowest BCUT2D eigenvalue weighted by Crippen LogP contribution is -2.26. The van der Waals surface area contributed by atoms with Crippen molar-refractivity contribution in [1.29, 1.82) is 0 Å². The van der Waals surface area contributed by atoms with Crippen LogP contribution in [0, 0.1) is 0 Å². The van der Waals surface area contributed by atoms with Crippen LogP contribution < -0.4 is 10.4 Å². The molecule has 0 spiro atoms. The predicted octanol–water partition coefficient (Wildman–Crippen LogP) is 2.12. The average molecular weight is 294 g/mol. The summed E-state index contributed by atoms with van der Waals surface area (Å²) in [4.78, 5) is 25.6. The molecule has 22 heavy (non-hydrogen) atoms. The van der Waals surface area contributed by atoms with Crippen LogP contribution in [0.1, 0.15) is 11.1 Å². The number of nitrogens with one attached hydrogen (secondary N) is 1. The number of anilines is 1. The minimum atomic E-state index is -0.722. The van der Waals surface area contributed by atoms with Crippen LogP contribution in [0.25, 0.3) is 5.57 Å². The van der Waals surface area contributed by atoms with E-state index < -0.39 is 5.91 Å². The minimum absolute atomic E-state index is 0.256. The molecular formula is C17H14N2O3. The number of hydrogen-bond acceptors (Lipinski definition) is 3. The number of hydrogen-bond donors (Lipinski definition) is 2. The zero-order chi connectivity index (χ0) is 15.5. The number of rotatable bonds is 3. The zero-order valence-electron chi connectivity index (χ0n) is 11.7. The number of para-hydroxylation sites is 1. The second-order valence-electron chi connectivity index (χ2n) is 4.93. The predicted molar refractivity (Wildman–Crippen MR) is 82.0 cm³/mol. The molecule has 0 unspecified atom stereocenters. The van der Waals surface area contributed by atoms with Crippen LogP contribution in [-0.4, -0.2) is 17.0 Å². The van der Waals surface area contributed by atoms with Crippen LogP contribution in [-0.2, 0) is 16.1 Å². The number of carbonyl (C=O) groups excluding carboxylic acids is 2. The summed E-state index contributed by atoms with van der Waals surface area (Å²) in [6, 6.07) is 16.9. The summed E-state index contributed by atoms with van der Waals surface area (Å²) in [5.74, 6) is -0.978. The molecule has 3 rings (SSSR count). The first kappa shape index (κ1) is 14.0. The molecule has 5 nitrogen and oxygen atoms in total. The molecule has 1 heterocycles. The number of fused-ring (bicyclic) bond motifs is 1.